The van der Waals surface area contributed by atoms with E-state index in [1.54, 1.807) is 0 Å². The normalized spacial score (nSPS) is 17.4. The number of aliphatic carboxylic acids is 1. The second-order valence-corrected chi connectivity index (χ2v) is 4.73. The Morgan fingerprint density at radius 2 is 1.93 bits per heavy atom. The van der Waals surface area contributed by atoms with Gasteiger partial charge in [-0.15, -0.1) is 0 Å². The minimum Gasteiger partial charge on any atom is -0.481 e. The van der Waals surface area contributed by atoms with Crippen LogP contribution in [0.2, 0.25) is 0 Å². The predicted molar refractivity (Wildman–Crippen MR) is 58.8 cm³/mol. The molecule has 0 amide bonds. The van der Waals surface area contributed by atoms with Gasteiger partial charge in [-0.1, -0.05) is 29.8 Å². The number of aryl methyl sites for hydroxylation is 1. The molecule has 0 heterocycles. The third kappa shape index (κ3) is 2.58. The first-order valence-electron chi connectivity index (χ1n) is 5.37. The van der Waals surface area contributed by atoms with Crippen molar-refractivity contribution >= 4 is 5.97 Å². The molecule has 2 heteroatoms. The van der Waals surface area contributed by atoms with Crippen LogP contribution < -0.4 is 0 Å². The average Bonchev–Trinajstić information content (AvgIpc) is 2.88. The van der Waals surface area contributed by atoms with Gasteiger partial charge in [0.15, 0.2) is 0 Å². The topological polar surface area (TPSA) is 37.3 Å². The molecule has 0 spiro atoms. The van der Waals surface area contributed by atoms with Crippen molar-refractivity contribution < 1.29 is 9.90 Å². The van der Waals surface area contributed by atoms with Gasteiger partial charge in [0.05, 0.1) is 6.42 Å². The Bertz CT molecular complexity index is 361. The summed E-state index contributed by atoms with van der Waals surface area (Å²) in [4.78, 5) is 10.7. The van der Waals surface area contributed by atoms with Crippen LogP contribution in [0.4, 0.5) is 0 Å². The summed E-state index contributed by atoms with van der Waals surface area (Å²) in [6.45, 7) is 2.06. The molecule has 1 N–H and O–H groups in total. The molecule has 0 atom stereocenters. The molecule has 0 radical (unpaired) electrons. The van der Waals surface area contributed by atoms with Crippen LogP contribution in [0.5, 0.6) is 0 Å². The molecule has 0 aromatic heterocycles. The fraction of sp³-hybridized carbons (Fsp3) is 0.462. The largest absolute Gasteiger partial charge is 0.481 e. The fourth-order valence-corrected chi connectivity index (χ4v) is 2.05. The van der Waals surface area contributed by atoms with Gasteiger partial charge in [-0.3, -0.25) is 4.79 Å². The van der Waals surface area contributed by atoms with Gasteiger partial charge in [-0.2, -0.15) is 0 Å². The monoisotopic (exact) mass is 204 g/mol. The van der Waals surface area contributed by atoms with Gasteiger partial charge < -0.3 is 5.11 Å². The maximum atomic E-state index is 10.7. The van der Waals surface area contributed by atoms with Crippen LogP contribution in [0.1, 0.15) is 30.4 Å². The highest BCUT2D eigenvalue weighted by Gasteiger charge is 2.44. The summed E-state index contributed by atoms with van der Waals surface area (Å²) < 4.78 is 0. The van der Waals surface area contributed by atoms with Gasteiger partial charge >= 0.3 is 5.97 Å². The van der Waals surface area contributed by atoms with E-state index in [4.69, 9.17) is 5.11 Å². The van der Waals surface area contributed by atoms with E-state index in [1.807, 2.05) is 0 Å². The quantitative estimate of drug-likeness (QED) is 0.818. The summed E-state index contributed by atoms with van der Waals surface area (Å²) in [5, 5.41) is 8.81. The molecule has 1 aromatic carbocycles. The van der Waals surface area contributed by atoms with Crippen LogP contribution in [0.15, 0.2) is 24.3 Å². The van der Waals surface area contributed by atoms with Gasteiger partial charge in [0.1, 0.15) is 0 Å². The van der Waals surface area contributed by atoms with Crippen LogP contribution in [-0.4, -0.2) is 11.1 Å². The molecule has 15 heavy (non-hydrogen) atoms. The van der Waals surface area contributed by atoms with Crippen LogP contribution in [0.25, 0.3) is 0 Å². The lowest BCUT2D eigenvalue weighted by Gasteiger charge is -2.12. The molecule has 0 aliphatic heterocycles. The van der Waals surface area contributed by atoms with E-state index in [1.165, 1.54) is 11.1 Å². The highest BCUT2D eigenvalue weighted by Crippen LogP contribution is 2.51. The summed E-state index contributed by atoms with van der Waals surface area (Å²) in [5.41, 5.74) is 2.59. The molecule has 2 nitrogen and oxygen atoms in total. The summed E-state index contributed by atoms with van der Waals surface area (Å²) in [6.07, 6.45) is 3.36. The highest BCUT2D eigenvalue weighted by atomic mass is 16.4. The SMILES string of the molecule is Cc1ccc(CC2(CC(=O)O)CC2)cc1. The van der Waals surface area contributed by atoms with Gasteiger partial charge in [0.25, 0.3) is 0 Å². The zero-order chi connectivity index (χ0) is 10.9. The van der Waals surface area contributed by atoms with Crippen molar-refractivity contribution in [3.8, 4) is 0 Å². The molecule has 1 aliphatic rings. The number of carboxylic acid groups (broad SMARTS) is 1. The Labute approximate surface area is 89.9 Å². The van der Waals surface area contributed by atoms with Crippen molar-refractivity contribution in [1.29, 1.82) is 0 Å². The second kappa shape index (κ2) is 3.69. The third-order valence-corrected chi connectivity index (χ3v) is 3.18. The maximum Gasteiger partial charge on any atom is 0.303 e. The van der Waals surface area contributed by atoms with Crippen LogP contribution in [0, 0.1) is 12.3 Å². The van der Waals surface area contributed by atoms with E-state index in [2.05, 4.69) is 31.2 Å². The molecule has 0 unspecified atom stereocenters. The predicted octanol–water partition coefficient (Wildman–Crippen LogP) is 2.79. The van der Waals surface area contributed by atoms with Gasteiger partial charge in [-0.05, 0) is 37.2 Å². The summed E-state index contributed by atoms with van der Waals surface area (Å²) in [6, 6.07) is 8.40. The molecule has 1 aliphatic carbocycles. The Morgan fingerprint density at radius 1 is 1.33 bits per heavy atom. The lowest BCUT2D eigenvalue weighted by molar-refractivity contribution is -0.138. The van der Waals surface area contributed by atoms with Crippen LogP contribution in [0.3, 0.4) is 0 Å². The van der Waals surface area contributed by atoms with E-state index in [0.29, 0.717) is 6.42 Å². The third-order valence-electron chi connectivity index (χ3n) is 3.18. The van der Waals surface area contributed by atoms with Crippen molar-refractivity contribution in [2.45, 2.75) is 32.6 Å². The lowest BCUT2D eigenvalue weighted by Crippen LogP contribution is -2.11. The van der Waals surface area contributed by atoms with Gasteiger partial charge in [-0.25, -0.2) is 0 Å². The molecule has 0 bridgehead atoms. The minimum absolute atomic E-state index is 0.0705. The molecular weight excluding hydrogens is 188 g/mol. The standard InChI is InChI=1S/C13H16O2/c1-10-2-4-11(5-3-10)8-13(6-7-13)9-12(14)15/h2-5H,6-9H2,1H3,(H,14,15). The number of carboxylic acids is 1. The number of hydrogen-bond acceptors (Lipinski definition) is 1. The van der Waals surface area contributed by atoms with Crippen molar-refractivity contribution in [3.05, 3.63) is 35.4 Å². The van der Waals surface area contributed by atoms with Crippen molar-refractivity contribution in [2.75, 3.05) is 0 Å². The summed E-state index contributed by atoms with van der Waals surface area (Å²) in [7, 11) is 0. The van der Waals surface area contributed by atoms with Crippen molar-refractivity contribution in [3.63, 3.8) is 0 Å². The Morgan fingerprint density at radius 3 is 2.40 bits per heavy atom. The Kier molecular flexibility index (Phi) is 2.51. The minimum atomic E-state index is -0.667. The van der Waals surface area contributed by atoms with E-state index in [9.17, 15) is 4.79 Å². The van der Waals surface area contributed by atoms with Gasteiger partial charge in [0.2, 0.25) is 0 Å². The second-order valence-electron chi connectivity index (χ2n) is 4.73. The van der Waals surface area contributed by atoms with Gasteiger partial charge in [0, 0.05) is 0 Å². The lowest BCUT2D eigenvalue weighted by atomic mass is 9.93. The zero-order valence-electron chi connectivity index (χ0n) is 8.99. The smallest absolute Gasteiger partial charge is 0.303 e. The average molecular weight is 204 g/mol. The summed E-state index contributed by atoms with van der Waals surface area (Å²) in [5.74, 6) is -0.667. The van der Waals surface area contributed by atoms with Crippen LogP contribution >= 0.6 is 0 Å². The van der Waals surface area contributed by atoms with E-state index >= 15 is 0 Å². The summed E-state index contributed by atoms with van der Waals surface area (Å²) >= 11 is 0. The Hall–Kier alpha value is -1.31. The number of rotatable bonds is 4. The van der Waals surface area contributed by atoms with Crippen LogP contribution in [-0.2, 0) is 11.2 Å². The Balaban J connectivity index is 2.02. The molecule has 2 rings (SSSR count). The number of hydrogen-bond donors (Lipinski definition) is 1. The fourth-order valence-electron chi connectivity index (χ4n) is 2.05. The zero-order valence-corrected chi connectivity index (χ0v) is 8.99. The first-order chi connectivity index (χ1) is 7.10. The first kappa shape index (κ1) is 10.2. The molecular formula is C13H16O2. The molecule has 0 saturated heterocycles. The maximum absolute atomic E-state index is 10.7. The van der Waals surface area contributed by atoms with Crippen molar-refractivity contribution in [1.82, 2.24) is 0 Å². The highest BCUT2D eigenvalue weighted by molar-refractivity contribution is 5.68. The molecule has 1 fully saturated rings. The van der Waals surface area contributed by atoms with Crippen molar-refractivity contribution in [2.24, 2.45) is 5.41 Å². The van der Waals surface area contributed by atoms with E-state index in [0.717, 1.165) is 19.3 Å². The number of benzene rings is 1. The van der Waals surface area contributed by atoms with E-state index in [-0.39, 0.29) is 5.41 Å². The molecule has 80 valence electrons. The molecule has 1 saturated carbocycles. The first-order valence-corrected chi connectivity index (χ1v) is 5.37. The number of carbonyl (C=O) groups is 1. The molecule has 1 aromatic rings. The van der Waals surface area contributed by atoms with E-state index < -0.39 is 5.97 Å².